The summed E-state index contributed by atoms with van der Waals surface area (Å²) in [5.41, 5.74) is 1.04. The highest BCUT2D eigenvalue weighted by Crippen LogP contribution is 2.31. The molecule has 1 aliphatic heterocycles. The Labute approximate surface area is 157 Å². The van der Waals surface area contributed by atoms with Gasteiger partial charge in [-0.2, -0.15) is 0 Å². The average molecular weight is 373 g/mol. The number of hydrogen-bond acceptors (Lipinski definition) is 5. The molecule has 1 aromatic carbocycles. The number of nitro groups is 1. The van der Waals surface area contributed by atoms with Gasteiger partial charge in [0.15, 0.2) is 0 Å². The van der Waals surface area contributed by atoms with E-state index in [1.807, 2.05) is 0 Å². The van der Waals surface area contributed by atoms with Crippen molar-refractivity contribution in [1.82, 2.24) is 10.6 Å². The summed E-state index contributed by atoms with van der Waals surface area (Å²) in [6.45, 7) is 1.63. The number of carbonyl (C=O) groups is 2. The lowest BCUT2D eigenvalue weighted by Crippen LogP contribution is -2.45. The van der Waals surface area contributed by atoms with Crippen LogP contribution in [0.25, 0.3) is 0 Å². The van der Waals surface area contributed by atoms with E-state index in [4.69, 9.17) is 4.74 Å². The topological polar surface area (TPSA) is 111 Å². The van der Waals surface area contributed by atoms with Crippen molar-refractivity contribution in [3.8, 4) is 0 Å². The number of nitrogens with zero attached hydrogens (tertiary/aromatic N) is 1. The van der Waals surface area contributed by atoms with Crippen molar-refractivity contribution < 1.29 is 19.2 Å². The number of carbonyl (C=O) groups excluding carboxylic acids is 2. The molecule has 0 saturated heterocycles. The fourth-order valence-electron chi connectivity index (χ4n) is 3.61. The van der Waals surface area contributed by atoms with Crippen molar-refractivity contribution in [1.29, 1.82) is 0 Å². The highest BCUT2D eigenvalue weighted by molar-refractivity contribution is 5.95. The van der Waals surface area contributed by atoms with Crippen LogP contribution in [0.4, 0.5) is 10.5 Å². The van der Waals surface area contributed by atoms with Crippen LogP contribution < -0.4 is 10.6 Å². The van der Waals surface area contributed by atoms with Gasteiger partial charge in [-0.25, -0.2) is 9.59 Å². The van der Waals surface area contributed by atoms with Crippen LogP contribution >= 0.6 is 0 Å². The number of urea groups is 1. The number of hydrogen-bond donors (Lipinski definition) is 2. The molecular weight excluding hydrogens is 350 g/mol. The number of esters is 1. The number of nitrogens with one attached hydrogen (secondary N) is 2. The third kappa shape index (κ3) is 4.45. The van der Waals surface area contributed by atoms with E-state index in [1.54, 1.807) is 13.0 Å². The molecule has 1 atom stereocenters. The second kappa shape index (κ2) is 8.20. The number of ether oxygens (including phenoxy) is 1. The minimum atomic E-state index is -0.795. The molecule has 0 spiro atoms. The Hall–Kier alpha value is -2.90. The standard InChI is InChI=1S/C19H23N3O5/c1-12-16(18(23)27-15-9-4-2-3-5-10-15)17(21-19(24)20-12)13-7-6-8-14(11-13)22(25)26/h6-8,11,15,17H,2-5,9-10H2,1H3,(H2,20,21,24)/t17-/m0/s1. The second-order valence-corrected chi connectivity index (χ2v) is 6.94. The molecule has 1 heterocycles. The smallest absolute Gasteiger partial charge is 0.338 e. The third-order valence-electron chi connectivity index (χ3n) is 4.98. The van der Waals surface area contributed by atoms with E-state index in [-0.39, 0.29) is 17.4 Å². The molecule has 2 aliphatic rings. The maximum absolute atomic E-state index is 12.9. The number of rotatable bonds is 4. The third-order valence-corrected chi connectivity index (χ3v) is 4.98. The lowest BCUT2D eigenvalue weighted by atomic mass is 9.95. The van der Waals surface area contributed by atoms with Crippen molar-refractivity contribution in [2.24, 2.45) is 0 Å². The number of allylic oxidation sites excluding steroid dienone is 1. The molecule has 2 amide bonds. The molecule has 0 aromatic heterocycles. The molecule has 27 heavy (non-hydrogen) atoms. The maximum atomic E-state index is 12.9. The van der Waals surface area contributed by atoms with Gasteiger partial charge >= 0.3 is 12.0 Å². The summed E-state index contributed by atoms with van der Waals surface area (Å²) in [4.78, 5) is 35.4. The summed E-state index contributed by atoms with van der Waals surface area (Å²) < 4.78 is 5.72. The SMILES string of the molecule is CC1=C(C(=O)OC2CCCCCC2)[C@H](c2cccc([N+](=O)[O-])c2)NC(=O)N1. The predicted octanol–water partition coefficient (Wildman–Crippen LogP) is 3.49. The average Bonchev–Trinajstić information content (AvgIpc) is 2.89. The zero-order valence-corrected chi connectivity index (χ0v) is 15.2. The Morgan fingerprint density at radius 1 is 1.22 bits per heavy atom. The van der Waals surface area contributed by atoms with E-state index in [9.17, 15) is 19.7 Å². The summed E-state index contributed by atoms with van der Waals surface area (Å²) in [6, 6.07) is 4.65. The zero-order valence-electron chi connectivity index (χ0n) is 15.2. The molecular formula is C19H23N3O5. The molecule has 0 unspecified atom stereocenters. The number of non-ortho nitro benzene ring substituents is 1. The Balaban J connectivity index is 1.88. The predicted molar refractivity (Wildman–Crippen MR) is 97.8 cm³/mol. The monoisotopic (exact) mass is 373 g/mol. The molecule has 144 valence electrons. The van der Waals surface area contributed by atoms with E-state index in [0.29, 0.717) is 11.3 Å². The van der Waals surface area contributed by atoms with Gasteiger partial charge in [-0.05, 0) is 38.2 Å². The first-order valence-electron chi connectivity index (χ1n) is 9.19. The van der Waals surface area contributed by atoms with Gasteiger partial charge in [0, 0.05) is 17.8 Å². The Bertz CT molecular complexity index is 781. The highest BCUT2D eigenvalue weighted by Gasteiger charge is 2.34. The van der Waals surface area contributed by atoms with Gasteiger partial charge < -0.3 is 15.4 Å². The van der Waals surface area contributed by atoms with Gasteiger partial charge in [-0.1, -0.05) is 25.0 Å². The van der Waals surface area contributed by atoms with E-state index in [0.717, 1.165) is 38.5 Å². The van der Waals surface area contributed by atoms with E-state index in [1.165, 1.54) is 18.2 Å². The van der Waals surface area contributed by atoms with Crippen molar-refractivity contribution in [3.05, 3.63) is 51.2 Å². The van der Waals surface area contributed by atoms with Crippen LogP contribution in [-0.4, -0.2) is 23.0 Å². The number of amides is 2. The van der Waals surface area contributed by atoms with Crippen LogP contribution in [0.3, 0.4) is 0 Å². The second-order valence-electron chi connectivity index (χ2n) is 6.94. The van der Waals surface area contributed by atoms with Gasteiger partial charge in [-0.3, -0.25) is 10.1 Å². The van der Waals surface area contributed by atoms with E-state index in [2.05, 4.69) is 10.6 Å². The summed E-state index contributed by atoms with van der Waals surface area (Å²) in [5.74, 6) is -0.497. The molecule has 1 aliphatic carbocycles. The molecule has 0 bridgehead atoms. The minimum Gasteiger partial charge on any atom is -0.459 e. The van der Waals surface area contributed by atoms with Crippen molar-refractivity contribution >= 4 is 17.7 Å². The fourth-order valence-corrected chi connectivity index (χ4v) is 3.61. The Kier molecular flexibility index (Phi) is 5.73. The summed E-state index contributed by atoms with van der Waals surface area (Å²) >= 11 is 0. The summed E-state index contributed by atoms with van der Waals surface area (Å²) in [6.07, 6.45) is 5.87. The number of benzene rings is 1. The lowest BCUT2D eigenvalue weighted by Gasteiger charge is -2.29. The molecule has 2 N–H and O–H groups in total. The first kappa shape index (κ1) is 18.9. The fraction of sp³-hybridized carbons (Fsp3) is 0.474. The maximum Gasteiger partial charge on any atom is 0.338 e. The van der Waals surface area contributed by atoms with Crippen LogP contribution in [0, 0.1) is 10.1 Å². The van der Waals surface area contributed by atoms with Gasteiger partial charge in [0.25, 0.3) is 5.69 Å². The normalized spacial score (nSPS) is 21.1. The summed E-state index contributed by atoms with van der Waals surface area (Å²) in [7, 11) is 0. The first-order valence-corrected chi connectivity index (χ1v) is 9.19. The van der Waals surface area contributed by atoms with Crippen LogP contribution in [0.5, 0.6) is 0 Å². The van der Waals surface area contributed by atoms with E-state index < -0.39 is 23.0 Å². The Morgan fingerprint density at radius 3 is 2.59 bits per heavy atom. The van der Waals surface area contributed by atoms with Crippen LogP contribution in [-0.2, 0) is 9.53 Å². The lowest BCUT2D eigenvalue weighted by molar-refractivity contribution is -0.384. The van der Waals surface area contributed by atoms with Crippen molar-refractivity contribution in [2.45, 2.75) is 57.6 Å². The summed E-state index contributed by atoms with van der Waals surface area (Å²) in [5, 5.41) is 16.3. The van der Waals surface area contributed by atoms with Crippen molar-refractivity contribution in [2.75, 3.05) is 0 Å². The van der Waals surface area contributed by atoms with Gasteiger partial charge in [0.1, 0.15) is 6.10 Å². The first-order chi connectivity index (χ1) is 13.0. The van der Waals surface area contributed by atoms with Crippen molar-refractivity contribution in [3.63, 3.8) is 0 Å². The van der Waals surface area contributed by atoms with Gasteiger partial charge in [0.05, 0.1) is 16.5 Å². The van der Waals surface area contributed by atoms with Gasteiger partial charge in [-0.15, -0.1) is 0 Å². The minimum absolute atomic E-state index is 0.102. The van der Waals surface area contributed by atoms with Gasteiger partial charge in [0.2, 0.25) is 0 Å². The molecule has 0 radical (unpaired) electrons. The molecule has 1 saturated carbocycles. The van der Waals surface area contributed by atoms with E-state index >= 15 is 0 Å². The molecule has 8 nitrogen and oxygen atoms in total. The quantitative estimate of drug-likeness (QED) is 0.363. The zero-order chi connectivity index (χ0) is 19.4. The molecule has 1 fully saturated rings. The largest absolute Gasteiger partial charge is 0.459 e. The molecule has 8 heteroatoms. The molecule has 1 aromatic rings. The van der Waals surface area contributed by atoms with Crippen LogP contribution in [0.1, 0.15) is 57.1 Å². The Morgan fingerprint density at radius 2 is 1.93 bits per heavy atom. The molecule has 3 rings (SSSR count). The van der Waals surface area contributed by atoms with Crippen LogP contribution in [0.15, 0.2) is 35.5 Å². The highest BCUT2D eigenvalue weighted by atomic mass is 16.6. The number of nitro benzene ring substituents is 1. The van der Waals surface area contributed by atoms with Crippen LogP contribution in [0.2, 0.25) is 0 Å².